The second kappa shape index (κ2) is 8.06. The maximum absolute atomic E-state index is 13.9. The molecule has 1 fully saturated rings. The first kappa shape index (κ1) is 19.3. The van der Waals surface area contributed by atoms with Gasteiger partial charge in [0.2, 0.25) is 15.9 Å². The van der Waals surface area contributed by atoms with Gasteiger partial charge in [-0.25, -0.2) is 12.8 Å². The first-order chi connectivity index (χ1) is 12.9. The van der Waals surface area contributed by atoms with E-state index in [2.05, 4.69) is 0 Å². The third kappa shape index (κ3) is 4.28. The van der Waals surface area contributed by atoms with E-state index in [1.165, 1.54) is 25.2 Å². The molecule has 1 aliphatic heterocycles. The molecule has 0 N–H and O–H groups in total. The minimum atomic E-state index is -3.71. The lowest BCUT2D eigenvalue weighted by molar-refractivity contribution is -0.131. The zero-order valence-electron chi connectivity index (χ0n) is 15.1. The van der Waals surface area contributed by atoms with Crippen LogP contribution in [0.2, 0.25) is 0 Å². The van der Waals surface area contributed by atoms with Crippen LogP contribution >= 0.6 is 0 Å². The topological polar surface area (TPSA) is 60.9 Å². The molecule has 0 atom stereocenters. The van der Waals surface area contributed by atoms with Crippen molar-refractivity contribution in [3.63, 3.8) is 0 Å². The van der Waals surface area contributed by atoms with Gasteiger partial charge in [0, 0.05) is 33.2 Å². The van der Waals surface area contributed by atoms with Gasteiger partial charge in [0.25, 0.3) is 0 Å². The van der Waals surface area contributed by atoms with Crippen LogP contribution in [0.5, 0.6) is 0 Å². The van der Waals surface area contributed by atoms with Crippen LogP contribution in [0.1, 0.15) is 0 Å². The molecule has 2 aromatic rings. The molecular formula is C19H22FN3O3S. The number of sulfonamides is 1. The number of piperazine rings is 1. The molecule has 0 saturated carbocycles. The van der Waals surface area contributed by atoms with Gasteiger partial charge in [0.15, 0.2) is 0 Å². The molecule has 3 rings (SSSR count). The van der Waals surface area contributed by atoms with E-state index >= 15 is 0 Å². The average molecular weight is 391 g/mol. The summed E-state index contributed by atoms with van der Waals surface area (Å²) in [6.45, 7) is 1.62. The Morgan fingerprint density at radius 3 is 2.22 bits per heavy atom. The molecule has 0 aromatic heterocycles. The van der Waals surface area contributed by atoms with Gasteiger partial charge in [0.1, 0.15) is 5.82 Å². The summed E-state index contributed by atoms with van der Waals surface area (Å²) in [4.78, 5) is 16.2. The summed E-state index contributed by atoms with van der Waals surface area (Å²) >= 11 is 0. The SMILES string of the molecule is CN(CC(=O)N1CCN(c2ccccc2F)CC1)S(=O)(=O)c1ccccc1. The minimum Gasteiger partial charge on any atom is -0.366 e. The van der Waals surface area contributed by atoms with Gasteiger partial charge in [0.05, 0.1) is 17.1 Å². The van der Waals surface area contributed by atoms with Gasteiger partial charge in [-0.1, -0.05) is 30.3 Å². The monoisotopic (exact) mass is 391 g/mol. The lowest BCUT2D eigenvalue weighted by Gasteiger charge is -2.36. The zero-order chi connectivity index (χ0) is 19.4. The molecule has 144 valence electrons. The fourth-order valence-electron chi connectivity index (χ4n) is 3.05. The van der Waals surface area contributed by atoms with E-state index in [0.717, 1.165) is 4.31 Å². The van der Waals surface area contributed by atoms with Crippen molar-refractivity contribution in [1.82, 2.24) is 9.21 Å². The Morgan fingerprint density at radius 2 is 1.59 bits per heavy atom. The summed E-state index contributed by atoms with van der Waals surface area (Å²) in [6, 6.07) is 14.6. The zero-order valence-corrected chi connectivity index (χ0v) is 15.9. The Hall–Kier alpha value is -2.45. The van der Waals surface area contributed by atoms with Crippen molar-refractivity contribution in [3.05, 3.63) is 60.4 Å². The molecule has 27 heavy (non-hydrogen) atoms. The van der Waals surface area contributed by atoms with Crippen LogP contribution in [0.3, 0.4) is 0 Å². The normalized spacial score (nSPS) is 15.2. The highest BCUT2D eigenvalue weighted by Crippen LogP contribution is 2.20. The van der Waals surface area contributed by atoms with E-state index in [-0.39, 0.29) is 23.2 Å². The number of rotatable bonds is 5. The van der Waals surface area contributed by atoms with Gasteiger partial charge < -0.3 is 9.80 Å². The highest BCUT2D eigenvalue weighted by Gasteiger charge is 2.27. The van der Waals surface area contributed by atoms with Crippen molar-refractivity contribution in [2.45, 2.75) is 4.90 Å². The Kier molecular flexibility index (Phi) is 5.76. The number of anilines is 1. The second-order valence-electron chi connectivity index (χ2n) is 6.39. The van der Waals surface area contributed by atoms with Crippen molar-refractivity contribution in [2.24, 2.45) is 0 Å². The number of amides is 1. The van der Waals surface area contributed by atoms with Crippen molar-refractivity contribution in [2.75, 3.05) is 44.7 Å². The maximum Gasteiger partial charge on any atom is 0.243 e. The molecule has 1 saturated heterocycles. The fourth-order valence-corrected chi connectivity index (χ4v) is 4.19. The van der Waals surface area contributed by atoms with Crippen molar-refractivity contribution in [1.29, 1.82) is 0 Å². The van der Waals surface area contributed by atoms with Crippen molar-refractivity contribution >= 4 is 21.6 Å². The van der Waals surface area contributed by atoms with Crippen molar-refractivity contribution < 1.29 is 17.6 Å². The number of likely N-dealkylation sites (N-methyl/N-ethyl adjacent to an activating group) is 1. The number of carbonyl (C=O) groups excluding carboxylic acids is 1. The predicted molar refractivity (Wildman–Crippen MR) is 101 cm³/mol. The summed E-state index contributed by atoms with van der Waals surface area (Å²) in [5, 5.41) is 0. The van der Waals surface area contributed by atoms with Crippen molar-refractivity contribution in [3.8, 4) is 0 Å². The number of hydrogen-bond donors (Lipinski definition) is 0. The molecule has 0 spiro atoms. The van der Waals surface area contributed by atoms with E-state index in [4.69, 9.17) is 0 Å². The van der Waals surface area contributed by atoms with Gasteiger partial charge in [-0.15, -0.1) is 0 Å². The van der Waals surface area contributed by atoms with E-state index in [9.17, 15) is 17.6 Å². The molecule has 0 aliphatic carbocycles. The quantitative estimate of drug-likeness (QED) is 0.780. The largest absolute Gasteiger partial charge is 0.366 e. The first-order valence-electron chi connectivity index (χ1n) is 8.68. The first-order valence-corrected chi connectivity index (χ1v) is 10.1. The van der Waals surface area contributed by atoms with Crippen LogP contribution in [-0.4, -0.2) is 63.3 Å². The molecule has 1 amide bonds. The molecule has 0 bridgehead atoms. The number of benzene rings is 2. The smallest absolute Gasteiger partial charge is 0.243 e. The minimum absolute atomic E-state index is 0.157. The lowest BCUT2D eigenvalue weighted by atomic mass is 10.2. The fraction of sp³-hybridized carbons (Fsp3) is 0.316. The summed E-state index contributed by atoms with van der Waals surface area (Å²) in [5.74, 6) is -0.545. The Balaban J connectivity index is 1.59. The number of halogens is 1. The predicted octanol–water partition coefficient (Wildman–Crippen LogP) is 1.79. The molecule has 1 aliphatic rings. The van der Waals surface area contributed by atoms with E-state index in [1.807, 2.05) is 4.90 Å². The summed E-state index contributed by atoms with van der Waals surface area (Å²) in [7, 11) is -2.31. The summed E-state index contributed by atoms with van der Waals surface area (Å²) in [6.07, 6.45) is 0. The summed E-state index contributed by atoms with van der Waals surface area (Å²) < 4.78 is 40.0. The van der Waals surface area contributed by atoms with Gasteiger partial charge in [-0.3, -0.25) is 4.79 Å². The van der Waals surface area contributed by atoms with E-state index < -0.39 is 10.0 Å². The number of para-hydroxylation sites is 1. The van der Waals surface area contributed by atoms with E-state index in [1.54, 1.807) is 41.3 Å². The van der Waals surface area contributed by atoms with Crippen LogP contribution in [0.4, 0.5) is 10.1 Å². The summed E-state index contributed by atoms with van der Waals surface area (Å²) in [5.41, 5.74) is 0.522. The molecule has 6 nitrogen and oxygen atoms in total. The molecule has 2 aromatic carbocycles. The van der Waals surface area contributed by atoms with E-state index in [0.29, 0.717) is 31.9 Å². The lowest BCUT2D eigenvalue weighted by Crippen LogP contribution is -2.51. The number of hydrogen-bond acceptors (Lipinski definition) is 4. The number of nitrogens with zero attached hydrogens (tertiary/aromatic N) is 3. The Bertz CT molecular complexity index is 897. The Morgan fingerprint density at radius 1 is 1.00 bits per heavy atom. The third-order valence-corrected chi connectivity index (χ3v) is 6.45. The molecule has 0 radical (unpaired) electrons. The highest BCUT2D eigenvalue weighted by atomic mass is 32.2. The maximum atomic E-state index is 13.9. The van der Waals surface area contributed by atoms with Gasteiger partial charge in [-0.05, 0) is 24.3 Å². The standard InChI is InChI=1S/C19H22FN3O3S/c1-21(27(25,26)16-7-3-2-4-8-16)15-19(24)23-13-11-22(12-14-23)18-10-6-5-9-17(18)20/h2-10H,11-15H2,1H3. The van der Waals surface area contributed by atoms with Crippen LogP contribution in [0, 0.1) is 5.82 Å². The molecule has 0 unspecified atom stereocenters. The second-order valence-corrected chi connectivity index (χ2v) is 8.44. The molecular weight excluding hydrogens is 369 g/mol. The van der Waals surface area contributed by atoms with Gasteiger partial charge >= 0.3 is 0 Å². The average Bonchev–Trinajstić information content (AvgIpc) is 2.69. The van der Waals surface area contributed by atoms with Gasteiger partial charge in [-0.2, -0.15) is 4.31 Å². The molecule has 1 heterocycles. The number of carbonyl (C=O) groups is 1. The highest BCUT2D eigenvalue weighted by molar-refractivity contribution is 7.89. The van der Waals surface area contributed by atoms with Crippen LogP contribution in [0.25, 0.3) is 0 Å². The van der Waals surface area contributed by atoms with Crippen LogP contribution in [0.15, 0.2) is 59.5 Å². The molecule has 8 heteroatoms. The van der Waals surface area contributed by atoms with Crippen LogP contribution in [-0.2, 0) is 14.8 Å². The Labute approximate surface area is 158 Å². The third-order valence-electron chi connectivity index (χ3n) is 4.63. The van der Waals surface area contributed by atoms with Crippen LogP contribution < -0.4 is 4.90 Å².